The van der Waals surface area contributed by atoms with Crippen LogP contribution in [0.3, 0.4) is 0 Å². The Morgan fingerprint density at radius 3 is 2.11 bits per heavy atom. The molecule has 1 aliphatic heterocycles. The monoisotopic (exact) mass is 387 g/mol. The summed E-state index contributed by atoms with van der Waals surface area (Å²) in [5, 5.41) is 0. The summed E-state index contributed by atoms with van der Waals surface area (Å²) in [5.41, 5.74) is 7.30. The number of sulfone groups is 1. The van der Waals surface area contributed by atoms with Crippen molar-refractivity contribution in [3.05, 3.63) is 54.6 Å². The normalized spacial score (nSPS) is 18.0. The van der Waals surface area contributed by atoms with E-state index < -0.39 is 27.7 Å². The first-order valence-corrected chi connectivity index (χ1v) is 10.3. The average molecular weight is 387 g/mol. The van der Waals surface area contributed by atoms with Crippen LogP contribution in [0.4, 0.5) is 17.1 Å². The lowest BCUT2D eigenvalue weighted by Crippen LogP contribution is -2.46. The van der Waals surface area contributed by atoms with Crippen molar-refractivity contribution in [1.82, 2.24) is 4.90 Å². The van der Waals surface area contributed by atoms with E-state index in [1.165, 1.54) is 16.8 Å². The molecule has 2 amide bonds. The molecular formula is C19H21N3O4S. The number of rotatable bonds is 3. The summed E-state index contributed by atoms with van der Waals surface area (Å²) in [7, 11) is -1.69. The minimum Gasteiger partial charge on any atom is -0.399 e. The number of nitrogens with two attached hydrogens (primary N) is 1. The Hall–Kier alpha value is -2.87. The third-order valence-corrected chi connectivity index (χ3v) is 6.38. The molecule has 142 valence electrons. The maximum atomic E-state index is 13.0. The van der Waals surface area contributed by atoms with Gasteiger partial charge in [-0.1, -0.05) is 18.2 Å². The Kier molecular flexibility index (Phi) is 5.18. The maximum absolute atomic E-state index is 13.0. The molecule has 7 nitrogen and oxygen atoms in total. The molecular weight excluding hydrogens is 366 g/mol. The summed E-state index contributed by atoms with van der Waals surface area (Å²) in [6.45, 7) is 0. The first-order valence-electron chi connectivity index (χ1n) is 8.51. The van der Waals surface area contributed by atoms with Crippen LogP contribution in [0.5, 0.6) is 0 Å². The Morgan fingerprint density at radius 1 is 0.963 bits per heavy atom. The average Bonchev–Trinajstić information content (AvgIpc) is 3.03. The van der Waals surface area contributed by atoms with Crippen LogP contribution in [0, 0.1) is 0 Å². The lowest BCUT2D eigenvalue weighted by Gasteiger charge is -2.27. The third-order valence-electron chi connectivity index (χ3n) is 4.63. The summed E-state index contributed by atoms with van der Waals surface area (Å²) in [4.78, 5) is 28.4. The Bertz CT molecular complexity index is 943. The van der Waals surface area contributed by atoms with E-state index in [0.717, 1.165) is 0 Å². The highest BCUT2D eigenvalue weighted by Gasteiger charge is 2.36. The highest BCUT2D eigenvalue weighted by atomic mass is 32.2. The molecule has 3 rings (SSSR count). The molecule has 0 radical (unpaired) electrons. The molecule has 1 unspecified atom stereocenters. The van der Waals surface area contributed by atoms with Crippen molar-refractivity contribution in [3.8, 4) is 0 Å². The van der Waals surface area contributed by atoms with E-state index in [1.807, 2.05) is 6.07 Å². The number of hydrogen-bond acceptors (Lipinski definition) is 5. The molecule has 27 heavy (non-hydrogen) atoms. The molecule has 0 saturated carbocycles. The van der Waals surface area contributed by atoms with Crippen LogP contribution >= 0.6 is 0 Å². The number of carbonyl (C=O) groups excluding carboxylic acids is 2. The molecule has 1 aliphatic rings. The highest BCUT2D eigenvalue weighted by Crippen LogP contribution is 2.27. The van der Waals surface area contributed by atoms with Gasteiger partial charge >= 0.3 is 11.8 Å². The minimum absolute atomic E-state index is 0.0316. The second kappa shape index (κ2) is 7.40. The Morgan fingerprint density at radius 2 is 1.56 bits per heavy atom. The van der Waals surface area contributed by atoms with Crippen molar-refractivity contribution in [2.24, 2.45) is 0 Å². The lowest BCUT2D eigenvalue weighted by atomic mass is 10.2. The maximum Gasteiger partial charge on any atom is 0.321 e. The van der Waals surface area contributed by atoms with E-state index in [-0.39, 0.29) is 11.5 Å². The van der Waals surface area contributed by atoms with Crippen molar-refractivity contribution in [3.63, 3.8) is 0 Å². The fraction of sp³-hybridized carbons (Fsp3) is 0.263. The fourth-order valence-corrected chi connectivity index (χ4v) is 4.85. The number of carbonyl (C=O) groups is 2. The van der Waals surface area contributed by atoms with E-state index in [2.05, 4.69) is 0 Å². The molecule has 1 saturated heterocycles. The zero-order valence-corrected chi connectivity index (χ0v) is 15.7. The van der Waals surface area contributed by atoms with Gasteiger partial charge in [0.2, 0.25) is 0 Å². The standard InChI is InChI=1S/C19H21N3O4S/c1-21(17-11-12-27(25,26)13-17)18(23)19(24)22(15-5-3-2-4-6-15)16-9-7-14(20)8-10-16/h2-10,17H,11-13,20H2,1H3. The number of hydrogen-bond donors (Lipinski definition) is 1. The molecule has 8 heteroatoms. The molecule has 2 aromatic carbocycles. The van der Waals surface area contributed by atoms with Gasteiger partial charge in [-0.2, -0.15) is 0 Å². The predicted molar refractivity (Wildman–Crippen MR) is 104 cm³/mol. The second-order valence-corrected chi connectivity index (χ2v) is 8.77. The van der Waals surface area contributed by atoms with Crippen molar-refractivity contribution < 1.29 is 18.0 Å². The summed E-state index contributed by atoms with van der Waals surface area (Å²) >= 11 is 0. The van der Waals surface area contributed by atoms with Gasteiger partial charge in [0, 0.05) is 30.2 Å². The predicted octanol–water partition coefficient (Wildman–Crippen LogP) is 1.58. The van der Waals surface area contributed by atoms with Crippen molar-refractivity contribution >= 4 is 38.7 Å². The van der Waals surface area contributed by atoms with Gasteiger partial charge in [0.25, 0.3) is 0 Å². The van der Waals surface area contributed by atoms with Gasteiger partial charge < -0.3 is 10.6 Å². The van der Waals surface area contributed by atoms with E-state index in [9.17, 15) is 18.0 Å². The Labute approximate surface area is 158 Å². The SMILES string of the molecule is CN(C(=O)C(=O)N(c1ccccc1)c1ccc(N)cc1)C1CCS(=O)(=O)C1. The second-order valence-electron chi connectivity index (χ2n) is 6.54. The molecule has 2 N–H and O–H groups in total. The zero-order chi connectivity index (χ0) is 19.6. The molecule has 0 spiro atoms. The van der Waals surface area contributed by atoms with Gasteiger partial charge in [-0.15, -0.1) is 0 Å². The fourth-order valence-electron chi connectivity index (χ4n) is 3.08. The van der Waals surface area contributed by atoms with Crippen LogP contribution in [0.1, 0.15) is 6.42 Å². The summed E-state index contributed by atoms with van der Waals surface area (Å²) < 4.78 is 23.4. The van der Waals surface area contributed by atoms with Gasteiger partial charge in [0.15, 0.2) is 9.84 Å². The minimum atomic E-state index is -3.16. The number of likely N-dealkylation sites (N-methyl/N-ethyl adjacent to an activating group) is 1. The highest BCUT2D eigenvalue weighted by molar-refractivity contribution is 7.91. The molecule has 1 fully saturated rings. The van der Waals surface area contributed by atoms with Gasteiger partial charge in [-0.05, 0) is 42.8 Å². The quantitative estimate of drug-likeness (QED) is 0.636. The van der Waals surface area contributed by atoms with Crippen LogP contribution in [0.25, 0.3) is 0 Å². The smallest absolute Gasteiger partial charge is 0.321 e. The first-order chi connectivity index (χ1) is 12.8. The number of amides is 2. The third kappa shape index (κ3) is 4.11. The van der Waals surface area contributed by atoms with Crippen LogP contribution < -0.4 is 10.6 Å². The van der Waals surface area contributed by atoms with E-state index in [1.54, 1.807) is 48.5 Å². The Balaban J connectivity index is 1.91. The van der Waals surface area contributed by atoms with E-state index in [0.29, 0.717) is 23.5 Å². The number of benzene rings is 2. The molecule has 0 aromatic heterocycles. The van der Waals surface area contributed by atoms with E-state index >= 15 is 0 Å². The molecule has 1 heterocycles. The molecule has 0 aliphatic carbocycles. The van der Waals surface area contributed by atoms with Crippen molar-refractivity contribution in [2.75, 3.05) is 29.2 Å². The summed E-state index contributed by atoms with van der Waals surface area (Å²) in [5.74, 6) is -1.59. The van der Waals surface area contributed by atoms with Crippen LogP contribution in [0.2, 0.25) is 0 Å². The summed E-state index contributed by atoms with van der Waals surface area (Å²) in [6.07, 6.45) is 0.338. The van der Waals surface area contributed by atoms with Gasteiger partial charge in [0.05, 0.1) is 11.5 Å². The van der Waals surface area contributed by atoms with Gasteiger partial charge in [-0.3, -0.25) is 14.5 Å². The van der Waals surface area contributed by atoms with Crippen LogP contribution in [-0.2, 0) is 19.4 Å². The lowest BCUT2D eigenvalue weighted by molar-refractivity contribution is -0.144. The topological polar surface area (TPSA) is 101 Å². The van der Waals surface area contributed by atoms with Crippen molar-refractivity contribution in [1.29, 1.82) is 0 Å². The number of nitrogens with zero attached hydrogens (tertiary/aromatic N) is 2. The van der Waals surface area contributed by atoms with Crippen LogP contribution in [-0.4, -0.2) is 49.7 Å². The number of anilines is 3. The number of nitrogen functional groups attached to an aromatic ring is 1. The van der Waals surface area contributed by atoms with Crippen molar-refractivity contribution in [2.45, 2.75) is 12.5 Å². The molecule has 2 aromatic rings. The molecule has 0 bridgehead atoms. The van der Waals surface area contributed by atoms with Gasteiger partial charge in [0.1, 0.15) is 0 Å². The van der Waals surface area contributed by atoms with Crippen LogP contribution in [0.15, 0.2) is 54.6 Å². The first kappa shape index (κ1) is 18.9. The summed E-state index contributed by atoms with van der Waals surface area (Å²) in [6, 6.07) is 14.9. The van der Waals surface area contributed by atoms with Gasteiger partial charge in [-0.25, -0.2) is 8.42 Å². The number of para-hydroxylation sites is 1. The zero-order valence-electron chi connectivity index (χ0n) is 14.9. The molecule has 1 atom stereocenters. The van der Waals surface area contributed by atoms with E-state index in [4.69, 9.17) is 5.73 Å². The largest absolute Gasteiger partial charge is 0.399 e.